The smallest absolute Gasteiger partial charge is 0.249 e. The van der Waals surface area contributed by atoms with Crippen molar-refractivity contribution in [3.8, 4) is 5.75 Å². The number of carbonyl (C=O) groups excluding carboxylic acids is 2. The zero-order valence-electron chi connectivity index (χ0n) is 29.3. The lowest BCUT2D eigenvalue weighted by atomic mass is 10.0. The summed E-state index contributed by atoms with van der Waals surface area (Å²) < 4.78 is 18.6. The number of halogens is 1. The third kappa shape index (κ3) is 9.00. The van der Waals surface area contributed by atoms with E-state index >= 15 is 0 Å². The molecule has 4 N–H and O–H groups in total. The van der Waals surface area contributed by atoms with Crippen molar-refractivity contribution in [2.24, 2.45) is 0 Å². The molecule has 1 unspecified atom stereocenters. The molecule has 2 saturated heterocycles. The van der Waals surface area contributed by atoms with Crippen molar-refractivity contribution in [3.05, 3.63) is 83.5 Å². The fourth-order valence-electron chi connectivity index (χ4n) is 6.57. The number of benzene rings is 3. The molecular weight excluding hydrogens is 687 g/mol. The normalized spacial score (nSPS) is 16.9. The van der Waals surface area contributed by atoms with Gasteiger partial charge in [0, 0.05) is 54.8 Å². The first-order valence-corrected chi connectivity index (χ1v) is 20.0. The summed E-state index contributed by atoms with van der Waals surface area (Å²) in [5.74, 6) is 0.908. The highest BCUT2D eigenvalue weighted by atomic mass is 35.5. The predicted octanol–water partition coefficient (Wildman–Crippen LogP) is 6.19. The van der Waals surface area contributed by atoms with E-state index in [0.29, 0.717) is 58.1 Å². The van der Waals surface area contributed by atoms with Crippen LogP contribution >= 0.6 is 18.7 Å². The Hall–Kier alpha value is -4.64. The van der Waals surface area contributed by atoms with Gasteiger partial charge < -0.3 is 30.2 Å². The van der Waals surface area contributed by atoms with Crippen molar-refractivity contribution < 1.29 is 18.9 Å². The molecule has 1 atom stereocenters. The van der Waals surface area contributed by atoms with Crippen molar-refractivity contribution in [2.75, 3.05) is 61.4 Å². The second-order valence-electron chi connectivity index (χ2n) is 13.4. The van der Waals surface area contributed by atoms with E-state index in [1.165, 1.54) is 6.20 Å². The summed E-state index contributed by atoms with van der Waals surface area (Å²) in [5.41, 5.74) is 4.51. The Morgan fingerprint density at radius 1 is 1.00 bits per heavy atom. The van der Waals surface area contributed by atoms with Crippen LogP contribution in [0.5, 0.6) is 5.75 Å². The Balaban J connectivity index is 1.05. The first-order valence-electron chi connectivity index (χ1n) is 17.0. The lowest BCUT2D eigenvalue weighted by molar-refractivity contribution is -0.133. The molecule has 0 spiro atoms. The molecule has 268 valence electrons. The maximum absolute atomic E-state index is 12.9. The van der Waals surface area contributed by atoms with Crippen LogP contribution < -0.4 is 36.2 Å². The Bertz CT molecular complexity index is 1950. The highest BCUT2D eigenvalue weighted by Crippen LogP contribution is 2.39. The monoisotopic (exact) mass is 730 g/mol. The molecule has 3 heterocycles. The fraction of sp³-hybridized carbons (Fsp3) is 0.351. The number of imide groups is 1. The second kappa shape index (κ2) is 15.7. The highest BCUT2D eigenvalue weighted by molar-refractivity contribution is 7.70. The van der Waals surface area contributed by atoms with Crippen molar-refractivity contribution in [2.45, 2.75) is 44.3 Å². The minimum atomic E-state index is -2.54. The SMILES string of the molecule is COc1cc(N2CCC(N(C)Cc3cccc(NC4CCC(=O)NC4=O)c3)CC2)ccc1Nc1ncc(Cl)c(Nc2ccccc2P(C)(C)=O)n1. The number of anilines is 6. The summed E-state index contributed by atoms with van der Waals surface area (Å²) in [6, 6.07) is 21.7. The number of piperidine rings is 2. The van der Waals surface area contributed by atoms with Gasteiger partial charge in [0.25, 0.3) is 0 Å². The van der Waals surface area contributed by atoms with Gasteiger partial charge in [0.2, 0.25) is 17.8 Å². The lowest BCUT2D eigenvalue weighted by Crippen LogP contribution is -2.47. The van der Waals surface area contributed by atoms with E-state index in [0.717, 1.165) is 49.4 Å². The van der Waals surface area contributed by atoms with Gasteiger partial charge in [-0.25, -0.2) is 4.98 Å². The number of amides is 2. The van der Waals surface area contributed by atoms with Gasteiger partial charge in [0.05, 0.1) is 24.7 Å². The van der Waals surface area contributed by atoms with Crippen LogP contribution in [0.25, 0.3) is 0 Å². The van der Waals surface area contributed by atoms with Crippen LogP contribution in [0.15, 0.2) is 72.9 Å². The van der Waals surface area contributed by atoms with E-state index in [1.807, 2.05) is 48.5 Å². The standard InChI is InChI=1S/C37H44ClN8O4P/c1-45(23-24-8-7-9-25(20-24)40-31-14-15-34(47)43-36(31)48)26-16-18-46(19-17-26)27-12-13-29(32(21-27)50-2)42-37-39-22-28(38)35(44-37)41-30-10-5-6-11-33(30)51(3,4)49/h5-13,20-22,26,31,40H,14-19,23H2,1-4H3,(H,43,47,48)(H2,39,41,42,44). The van der Waals surface area contributed by atoms with Gasteiger partial charge in [-0.05, 0) is 81.6 Å². The average Bonchev–Trinajstić information content (AvgIpc) is 3.11. The first-order chi connectivity index (χ1) is 24.5. The Morgan fingerprint density at radius 3 is 2.53 bits per heavy atom. The maximum atomic E-state index is 12.9. The van der Waals surface area contributed by atoms with Gasteiger partial charge in [-0.2, -0.15) is 4.98 Å². The molecule has 2 aliphatic rings. The molecule has 14 heteroatoms. The van der Waals surface area contributed by atoms with Gasteiger partial charge in [-0.1, -0.05) is 35.9 Å². The van der Waals surface area contributed by atoms with E-state index in [4.69, 9.17) is 16.3 Å². The number of ether oxygens (including phenoxy) is 1. The number of hydrogen-bond donors (Lipinski definition) is 4. The van der Waals surface area contributed by atoms with Crippen molar-refractivity contribution >= 4 is 70.4 Å². The highest BCUT2D eigenvalue weighted by Gasteiger charge is 2.27. The molecule has 1 aromatic heterocycles. The molecule has 6 rings (SSSR count). The van der Waals surface area contributed by atoms with Crippen LogP contribution in [0.2, 0.25) is 5.02 Å². The summed E-state index contributed by atoms with van der Waals surface area (Å²) in [5, 5.41) is 13.2. The van der Waals surface area contributed by atoms with Crippen molar-refractivity contribution in [3.63, 3.8) is 0 Å². The second-order valence-corrected chi connectivity index (χ2v) is 17.0. The molecule has 0 aliphatic carbocycles. The third-order valence-corrected chi connectivity index (χ3v) is 11.1. The lowest BCUT2D eigenvalue weighted by Gasteiger charge is -2.38. The van der Waals surface area contributed by atoms with Crippen molar-refractivity contribution in [1.82, 2.24) is 20.2 Å². The van der Waals surface area contributed by atoms with E-state index < -0.39 is 13.2 Å². The number of nitrogens with one attached hydrogen (secondary N) is 4. The molecule has 2 fully saturated rings. The van der Waals surface area contributed by atoms with Crippen LogP contribution in [0.1, 0.15) is 31.2 Å². The number of para-hydroxylation sites is 1. The van der Waals surface area contributed by atoms with Crippen LogP contribution in [-0.4, -0.2) is 79.3 Å². The number of carbonyl (C=O) groups is 2. The average molecular weight is 731 g/mol. The van der Waals surface area contributed by atoms with Gasteiger partial charge in [-0.15, -0.1) is 0 Å². The van der Waals surface area contributed by atoms with Gasteiger partial charge in [0.15, 0.2) is 5.82 Å². The number of aromatic nitrogens is 2. The summed E-state index contributed by atoms with van der Waals surface area (Å²) in [7, 11) is 1.26. The fourth-order valence-corrected chi connectivity index (χ4v) is 7.86. The summed E-state index contributed by atoms with van der Waals surface area (Å²) in [6.45, 7) is 6.06. The molecule has 2 aliphatic heterocycles. The van der Waals surface area contributed by atoms with Gasteiger partial charge in [0.1, 0.15) is 24.0 Å². The topological polar surface area (TPSA) is 141 Å². The predicted molar refractivity (Wildman–Crippen MR) is 205 cm³/mol. The van der Waals surface area contributed by atoms with Crippen molar-refractivity contribution in [1.29, 1.82) is 0 Å². The maximum Gasteiger partial charge on any atom is 0.249 e. The molecular formula is C37H44ClN8O4P. The van der Waals surface area contributed by atoms with Crippen LogP contribution in [0, 0.1) is 0 Å². The van der Waals surface area contributed by atoms with Crippen LogP contribution in [-0.2, 0) is 20.7 Å². The molecule has 4 aromatic rings. The number of rotatable bonds is 12. The minimum Gasteiger partial charge on any atom is -0.494 e. The molecule has 0 radical (unpaired) electrons. The Morgan fingerprint density at radius 2 is 1.78 bits per heavy atom. The Labute approximate surface area is 303 Å². The quantitative estimate of drug-likeness (QED) is 0.0980. The molecule has 3 aromatic carbocycles. The van der Waals surface area contributed by atoms with Crippen LogP contribution in [0.3, 0.4) is 0 Å². The zero-order valence-corrected chi connectivity index (χ0v) is 30.9. The van der Waals surface area contributed by atoms with E-state index in [2.05, 4.69) is 66.3 Å². The van der Waals surface area contributed by atoms with Crippen LogP contribution in [0.4, 0.5) is 34.5 Å². The largest absolute Gasteiger partial charge is 0.494 e. The molecule has 0 saturated carbocycles. The zero-order chi connectivity index (χ0) is 36.1. The van der Waals surface area contributed by atoms with E-state index in [1.54, 1.807) is 20.4 Å². The van der Waals surface area contributed by atoms with E-state index in [-0.39, 0.29) is 11.8 Å². The van der Waals surface area contributed by atoms with Gasteiger partial charge in [-0.3, -0.25) is 19.8 Å². The number of nitrogens with zero attached hydrogens (tertiary/aromatic N) is 4. The number of hydrogen-bond acceptors (Lipinski definition) is 11. The third-order valence-electron chi connectivity index (χ3n) is 9.30. The molecule has 0 bridgehead atoms. The molecule has 2 amide bonds. The minimum absolute atomic E-state index is 0.216. The Kier molecular flexibility index (Phi) is 11.1. The number of methoxy groups -OCH3 is 1. The summed E-state index contributed by atoms with van der Waals surface area (Å²) in [6.07, 6.45) is 4.38. The summed E-state index contributed by atoms with van der Waals surface area (Å²) in [4.78, 5) is 37.5. The first kappa shape index (κ1) is 36.2. The summed E-state index contributed by atoms with van der Waals surface area (Å²) >= 11 is 6.46. The molecule has 12 nitrogen and oxygen atoms in total. The van der Waals surface area contributed by atoms with E-state index in [9.17, 15) is 14.2 Å². The molecule has 51 heavy (non-hydrogen) atoms. The van der Waals surface area contributed by atoms with Gasteiger partial charge >= 0.3 is 0 Å².